The quantitative estimate of drug-likeness (QED) is 0.795. The average Bonchev–Trinajstić information content (AvgIpc) is 2.71. The van der Waals surface area contributed by atoms with E-state index >= 15 is 0 Å². The lowest BCUT2D eigenvalue weighted by Gasteiger charge is -2.15. The minimum Gasteiger partial charge on any atom is -0.488 e. The van der Waals surface area contributed by atoms with Crippen LogP contribution in [0.5, 0.6) is 5.75 Å². The van der Waals surface area contributed by atoms with Gasteiger partial charge in [0.15, 0.2) is 0 Å². The molecule has 0 bridgehead atoms. The van der Waals surface area contributed by atoms with Crippen LogP contribution in [0.4, 0.5) is 0 Å². The number of aromatic nitrogens is 1. The summed E-state index contributed by atoms with van der Waals surface area (Å²) in [5, 5.41) is 0. The van der Waals surface area contributed by atoms with Crippen molar-refractivity contribution in [1.82, 2.24) is 4.98 Å². The van der Waals surface area contributed by atoms with Crippen LogP contribution in [0.15, 0.2) is 18.5 Å². The van der Waals surface area contributed by atoms with E-state index in [0.29, 0.717) is 11.1 Å². The molecule has 1 heterocycles. The summed E-state index contributed by atoms with van der Waals surface area (Å²) in [5.74, 6) is 0.719. The van der Waals surface area contributed by atoms with Crippen LogP contribution in [0.1, 0.15) is 31.2 Å². The molecule has 0 aromatic carbocycles. The highest BCUT2D eigenvalue weighted by molar-refractivity contribution is 7.80. The second kappa shape index (κ2) is 4.57. The van der Waals surface area contributed by atoms with Crippen molar-refractivity contribution in [3.8, 4) is 5.75 Å². The molecule has 1 aromatic rings. The van der Waals surface area contributed by atoms with Gasteiger partial charge in [-0.1, -0.05) is 12.2 Å². The van der Waals surface area contributed by atoms with E-state index in [2.05, 4.69) is 4.98 Å². The molecule has 2 N–H and O–H groups in total. The largest absolute Gasteiger partial charge is 0.488 e. The van der Waals surface area contributed by atoms with Gasteiger partial charge < -0.3 is 10.5 Å². The molecule has 0 spiro atoms. The second-order valence-corrected chi connectivity index (χ2v) is 4.20. The van der Waals surface area contributed by atoms with Crippen molar-refractivity contribution in [2.75, 3.05) is 0 Å². The first-order valence-corrected chi connectivity index (χ1v) is 5.58. The number of hydrogen-bond donors (Lipinski definition) is 1. The molecule has 2 rings (SSSR count). The van der Waals surface area contributed by atoms with Crippen LogP contribution in [0, 0.1) is 0 Å². The van der Waals surface area contributed by atoms with Crippen molar-refractivity contribution in [2.24, 2.45) is 5.73 Å². The van der Waals surface area contributed by atoms with Gasteiger partial charge in [-0.2, -0.15) is 0 Å². The molecule has 0 radical (unpaired) electrons. The molecule has 0 atom stereocenters. The lowest BCUT2D eigenvalue weighted by atomic mass is 10.2. The van der Waals surface area contributed by atoms with Gasteiger partial charge in [0.1, 0.15) is 10.7 Å². The van der Waals surface area contributed by atoms with E-state index in [9.17, 15) is 0 Å². The van der Waals surface area contributed by atoms with Crippen LogP contribution >= 0.6 is 12.2 Å². The summed E-state index contributed by atoms with van der Waals surface area (Å²) in [5.41, 5.74) is 6.40. The molecular formula is C11H14N2OS. The van der Waals surface area contributed by atoms with Crippen LogP contribution < -0.4 is 10.5 Å². The van der Waals surface area contributed by atoms with Gasteiger partial charge in [0.05, 0.1) is 17.9 Å². The van der Waals surface area contributed by atoms with Crippen LogP contribution in [0.2, 0.25) is 0 Å². The van der Waals surface area contributed by atoms with Gasteiger partial charge in [0, 0.05) is 6.20 Å². The van der Waals surface area contributed by atoms with Crippen molar-refractivity contribution >= 4 is 17.2 Å². The standard InChI is InChI=1S/C11H14N2OS/c12-11(15)9-5-6-13-7-10(9)14-8-3-1-2-4-8/h5-8H,1-4H2,(H2,12,15). The highest BCUT2D eigenvalue weighted by atomic mass is 32.1. The fourth-order valence-electron chi connectivity index (χ4n) is 1.86. The van der Waals surface area contributed by atoms with Gasteiger partial charge in [0.25, 0.3) is 0 Å². The molecule has 1 aliphatic carbocycles. The van der Waals surface area contributed by atoms with Gasteiger partial charge in [-0.05, 0) is 31.7 Å². The summed E-state index contributed by atoms with van der Waals surface area (Å²) >= 11 is 4.96. The molecule has 3 nitrogen and oxygen atoms in total. The number of nitrogens with zero attached hydrogens (tertiary/aromatic N) is 1. The van der Waals surface area contributed by atoms with Gasteiger partial charge in [-0.3, -0.25) is 4.98 Å². The Morgan fingerprint density at radius 2 is 2.20 bits per heavy atom. The first kappa shape index (κ1) is 10.4. The minimum atomic E-state index is 0.308. The molecular weight excluding hydrogens is 208 g/mol. The van der Waals surface area contributed by atoms with Crippen molar-refractivity contribution < 1.29 is 4.74 Å². The van der Waals surface area contributed by atoms with Gasteiger partial charge >= 0.3 is 0 Å². The summed E-state index contributed by atoms with van der Waals surface area (Å²) in [6, 6.07) is 1.80. The summed E-state index contributed by atoms with van der Waals surface area (Å²) in [7, 11) is 0. The monoisotopic (exact) mass is 222 g/mol. The molecule has 1 aromatic heterocycles. The predicted molar refractivity (Wildman–Crippen MR) is 63.0 cm³/mol. The molecule has 0 aliphatic heterocycles. The maximum Gasteiger partial charge on any atom is 0.148 e. The lowest BCUT2D eigenvalue weighted by molar-refractivity contribution is 0.209. The fourth-order valence-corrected chi connectivity index (χ4v) is 2.03. The first-order chi connectivity index (χ1) is 7.27. The van der Waals surface area contributed by atoms with Gasteiger partial charge in [0.2, 0.25) is 0 Å². The second-order valence-electron chi connectivity index (χ2n) is 3.76. The number of ether oxygens (including phenoxy) is 1. The first-order valence-electron chi connectivity index (χ1n) is 5.18. The zero-order valence-electron chi connectivity index (χ0n) is 8.48. The SMILES string of the molecule is NC(=S)c1ccncc1OC1CCCC1. The summed E-state index contributed by atoms with van der Waals surface area (Å²) in [4.78, 5) is 4.40. The normalized spacial score (nSPS) is 16.5. The Kier molecular flexibility index (Phi) is 3.16. The van der Waals surface area contributed by atoms with Gasteiger partial charge in [-0.25, -0.2) is 0 Å². The molecule has 0 unspecified atom stereocenters. The number of pyridine rings is 1. The summed E-state index contributed by atoms with van der Waals surface area (Å²) in [6.07, 6.45) is 8.39. The Balaban J connectivity index is 2.15. The van der Waals surface area contributed by atoms with Crippen molar-refractivity contribution in [2.45, 2.75) is 31.8 Å². The van der Waals surface area contributed by atoms with Crippen LogP contribution in [0.25, 0.3) is 0 Å². The smallest absolute Gasteiger partial charge is 0.148 e. The third-order valence-corrected chi connectivity index (χ3v) is 2.87. The third kappa shape index (κ3) is 2.45. The van der Waals surface area contributed by atoms with E-state index in [1.165, 1.54) is 12.8 Å². The van der Waals surface area contributed by atoms with E-state index in [-0.39, 0.29) is 0 Å². The summed E-state index contributed by atoms with van der Waals surface area (Å²) < 4.78 is 5.84. The molecule has 0 amide bonds. The maximum absolute atomic E-state index is 5.84. The fraction of sp³-hybridized carbons (Fsp3) is 0.455. The molecule has 1 fully saturated rings. The highest BCUT2D eigenvalue weighted by Crippen LogP contribution is 2.25. The zero-order chi connectivity index (χ0) is 10.7. The van der Waals surface area contributed by atoms with Crippen molar-refractivity contribution in [3.63, 3.8) is 0 Å². The van der Waals surface area contributed by atoms with Crippen molar-refractivity contribution in [3.05, 3.63) is 24.0 Å². The van der Waals surface area contributed by atoms with E-state index < -0.39 is 0 Å². The predicted octanol–water partition coefficient (Wildman–Crippen LogP) is 2.04. The van der Waals surface area contributed by atoms with Crippen LogP contribution in [0.3, 0.4) is 0 Å². The highest BCUT2D eigenvalue weighted by Gasteiger charge is 2.18. The van der Waals surface area contributed by atoms with Gasteiger partial charge in [-0.15, -0.1) is 0 Å². The zero-order valence-corrected chi connectivity index (χ0v) is 9.30. The van der Waals surface area contributed by atoms with E-state index in [1.807, 2.05) is 0 Å². The molecule has 4 heteroatoms. The minimum absolute atomic E-state index is 0.308. The van der Waals surface area contributed by atoms with E-state index in [0.717, 1.165) is 24.2 Å². The number of rotatable bonds is 3. The van der Waals surface area contributed by atoms with E-state index in [4.69, 9.17) is 22.7 Å². The Morgan fingerprint density at radius 3 is 2.87 bits per heavy atom. The Bertz CT molecular complexity index is 361. The number of nitrogens with two attached hydrogens (primary N) is 1. The van der Waals surface area contributed by atoms with Crippen LogP contribution in [-0.2, 0) is 0 Å². The molecule has 1 aliphatic rings. The van der Waals surface area contributed by atoms with Crippen molar-refractivity contribution in [1.29, 1.82) is 0 Å². The number of hydrogen-bond acceptors (Lipinski definition) is 3. The Labute approximate surface area is 94.6 Å². The Hall–Kier alpha value is -1.16. The molecule has 0 saturated heterocycles. The molecule has 80 valence electrons. The topological polar surface area (TPSA) is 48.1 Å². The third-order valence-electron chi connectivity index (χ3n) is 2.65. The molecule has 15 heavy (non-hydrogen) atoms. The lowest BCUT2D eigenvalue weighted by Crippen LogP contribution is -2.16. The number of thiocarbonyl (C=S) groups is 1. The molecule has 1 saturated carbocycles. The Morgan fingerprint density at radius 1 is 1.47 bits per heavy atom. The van der Waals surface area contributed by atoms with Crippen LogP contribution in [-0.4, -0.2) is 16.1 Å². The maximum atomic E-state index is 5.84. The van der Waals surface area contributed by atoms with E-state index in [1.54, 1.807) is 18.5 Å². The average molecular weight is 222 g/mol. The summed E-state index contributed by atoms with van der Waals surface area (Å²) in [6.45, 7) is 0.